The Morgan fingerprint density at radius 3 is 3.08 bits per heavy atom. The van der Waals surface area contributed by atoms with Gasteiger partial charge in [-0.3, -0.25) is 9.36 Å². The Kier molecular flexibility index (Phi) is 5.49. The third-order valence-electron chi connectivity index (χ3n) is 3.67. The number of H-pyrrole nitrogens is 1. The predicted molar refractivity (Wildman–Crippen MR) is 87.5 cm³/mol. The molecular weight excluding hydrogens is 354 g/mol. The van der Waals surface area contributed by atoms with Crippen LogP contribution in [0.25, 0.3) is 0 Å². The van der Waals surface area contributed by atoms with E-state index < -0.39 is 17.5 Å². The van der Waals surface area contributed by atoms with Gasteiger partial charge >= 0.3 is 5.69 Å². The monoisotopic (exact) mass is 370 g/mol. The fraction of sp³-hybridized carbons (Fsp3) is 0.400. The first-order valence-corrected chi connectivity index (χ1v) is 8.66. The van der Waals surface area contributed by atoms with E-state index in [9.17, 15) is 18.4 Å². The van der Waals surface area contributed by atoms with E-state index in [2.05, 4.69) is 15.5 Å². The van der Waals surface area contributed by atoms with Crippen molar-refractivity contribution in [3.05, 3.63) is 40.3 Å². The number of ether oxygens (including phenoxy) is 1. The molecule has 1 atom stereocenters. The molecule has 0 unspecified atom stereocenters. The second-order valence-electron chi connectivity index (χ2n) is 5.52. The highest BCUT2D eigenvalue weighted by Crippen LogP contribution is 2.19. The lowest BCUT2D eigenvalue weighted by Gasteiger charge is -2.11. The zero-order chi connectivity index (χ0) is 17.8. The molecule has 0 spiro atoms. The van der Waals surface area contributed by atoms with Crippen LogP contribution >= 0.6 is 11.8 Å². The third kappa shape index (κ3) is 4.45. The first kappa shape index (κ1) is 17.6. The molecule has 1 fully saturated rings. The molecule has 0 radical (unpaired) electrons. The second-order valence-corrected chi connectivity index (χ2v) is 6.46. The number of benzene rings is 1. The number of thioether (sulfide) groups is 1. The highest BCUT2D eigenvalue weighted by molar-refractivity contribution is 7.99. The van der Waals surface area contributed by atoms with Crippen LogP contribution in [0.3, 0.4) is 0 Å². The fourth-order valence-electron chi connectivity index (χ4n) is 2.48. The van der Waals surface area contributed by atoms with Gasteiger partial charge in [-0.1, -0.05) is 11.8 Å². The van der Waals surface area contributed by atoms with Crippen LogP contribution < -0.4 is 11.0 Å². The summed E-state index contributed by atoms with van der Waals surface area (Å²) in [5, 5.41) is 8.87. The zero-order valence-corrected chi connectivity index (χ0v) is 13.9. The van der Waals surface area contributed by atoms with Crippen molar-refractivity contribution in [2.45, 2.75) is 30.6 Å². The molecule has 2 heterocycles. The van der Waals surface area contributed by atoms with E-state index in [-0.39, 0.29) is 23.2 Å². The number of aromatic nitrogens is 3. The summed E-state index contributed by atoms with van der Waals surface area (Å²) in [6, 6.07) is 2.80. The van der Waals surface area contributed by atoms with Crippen LogP contribution in [-0.4, -0.2) is 39.1 Å². The number of rotatable bonds is 6. The van der Waals surface area contributed by atoms with Gasteiger partial charge in [-0.05, 0) is 25.0 Å². The van der Waals surface area contributed by atoms with Crippen molar-refractivity contribution >= 4 is 23.4 Å². The summed E-state index contributed by atoms with van der Waals surface area (Å²) >= 11 is 1.03. The van der Waals surface area contributed by atoms with Crippen LogP contribution in [0.1, 0.15) is 12.8 Å². The quantitative estimate of drug-likeness (QED) is 0.757. The molecule has 1 aromatic carbocycles. The van der Waals surface area contributed by atoms with Crippen molar-refractivity contribution in [1.29, 1.82) is 0 Å². The first-order chi connectivity index (χ1) is 12.0. The highest BCUT2D eigenvalue weighted by atomic mass is 32.2. The molecule has 1 saturated heterocycles. The maximum Gasteiger partial charge on any atom is 0.344 e. The molecule has 1 aliphatic rings. The Hall–Kier alpha value is -2.20. The lowest BCUT2D eigenvalue weighted by Crippen LogP contribution is -2.25. The van der Waals surface area contributed by atoms with Gasteiger partial charge in [0.15, 0.2) is 5.16 Å². The van der Waals surface area contributed by atoms with Crippen LogP contribution in [0.15, 0.2) is 28.2 Å². The smallest absolute Gasteiger partial charge is 0.344 e. The van der Waals surface area contributed by atoms with E-state index in [1.165, 1.54) is 4.57 Å². The van der Waals surface area contributed by atoms with Gasteiger partial charge in [-0.2, -0.15) is 0 Å². The minimum atomic E-state index is -0.727. The van der Waals surface area contributed by atoms with Gasteiger partial charge in [0.25, 0.3) is 0 Å². The van der Waals surface area contributed by atoms with Gasteiger partial charge in [0.2, 0.25) is 5.91 Å². The lowest BCUT2D eigenvalue weighted by molar-refractivity contribution is -0.113. The van der Waals surface area contributed by atoms with Gasteiger partial charge < -0.3 is 10.1 Å². The number of anilines is 1. The van der Waals surface area contributed by atoms with Gasteiger partial charge in [0, 0.05) is 12.7 Å². The van der Waals surface area contributed by atoms with Gasteiger partial charge in [0.05, 0.1) is 24.1 Å². The molecule has 25 heavy (non-hydrogen) atoms. The highest BCUT2D eigenvalue weighted by Gasteiger charge is 2.20. The number of nitrogens with one attached hydrogen (secondary N) is 2. The van der Waals surface area contributed by atoms with E-state index in [1.807, 2.05) is 0 Å². The molecule has 2 aromatic rings. The average molecular weight is 370 g/mol. The van der Waals surface area contributed by atoms with E-state index in [1.54, 1.807) is 0 Å². The topological polar surface area (TPSA) is 89.0 Å². The first-order valence-electron chi connectivity index (χ1n) is 7.67. The summed E-state index contributed by atoms with van der Waals surface area (Å²) < 4.78 is 33.5. The number of aromatic amines is 1. The molecule has 0 aliphatic carbocycles. The number of halogens is 2. The molecule has 1 aromatic heterocycles. The number of amides is 1. The summed E-state index contributed by atoms with van der Waals surface area (Å²) in [4.78, 5) is 23.8. The minimum absolute atomic E-state index is 0.0510. The summed E-state index contributed by atoms with van der Waals surface area (Å²) in [5.41, 5.74) is -0.612. The van der Waals surface area contributed by atoms with E-state index in [4.69, 9.17) is 4.74 Å². The number of carbonyl (C=O) groups excluding carboxylic acids is 1. The predicted octanol–water partition coefficient (Wildman–Crippen LogP) is 1.76. The molecular formula is C15H16F2N4O3S. The van der Waals surface area contributed by atoms with E-state index >= 15 is 0 Å². The minimum Gasteiger partial charge on any atom is -0.376 e. The van der Waals surface area contributed by atoms with Gasteiger partial charge in [-0.25, -0.2) is 18.7 Å². The van der Waals surface area contributed by atoms with Crippen LogP contribution in [0.2, 0.25) is 0 Å². The Balaban J connectivity index is 1.60. The van der Waals surface area contributed by atoms with Crippen LogP contribution in [0, 0.1) is 11.6 Å². The summed E-state index contributed by atoms with van der Waals surface area (Å²) in [6.07, 6.45) is 1.76. The number of nitrogens with zero attached hydrogens (tertiary/aromatic N) is 2. The molecule has 1 amide bonds. The lowest BCUT2D eigenvalue weighted by atomic mass is 10.2. The van der Waals surface area contributed by atoms with Crippen molar-refractivity contribution in [3.63, 3.8) is 0 Å². The van der Waals surface area contributed by atoms with E-state index in [0.717, 1.165) is 42.8 Å². The SMILES string of the molecule is O=C(CSc1n[nH]c(=O)n1C[C@@H]1CCCO1)Nc1cc(F)ccc1F. The number of hydrogen-bond acceptors (Lipinski definition) is 5. The summed E-state index contributed by atoms with van der Waals surface area (Å²) in [6.45, 7) is 1.03. The van der Waals surface area contributed by atoms with Crippen LogP contribution in [0.4, 0.5) is 14.5 Å². The number of hydrogen-bond donors (Lipinski definition) is 2. The Morgan fingerprint density at radius 2 is 2.32 bits per heavy atom. The average Bonchev–Trinajstić information content (AvgIpc) is 3.21. The molecule has 1 aliphatic heterocycles. The molecule has 2 N–H and O–H groups in total. The maximum absolute atomic E-state index is 13.5. The Labute approximate surface area is 145 Å². The third-order valence-corrected chi connectivity index (χ3v) is 4.64. The molecule has 10 heteroatoms. The van der Waals surface area contributed by atoms with Gasteiger partial charge in [0.1, 0.15) is 11.6 Å². The van der Waals surface area contributed by atoms with Crippen molar-refractivity contribution in [2.75, 3.05) is 17.7 Å². The largest absolute Gasteiger partial charge is 0.376 e. The molecule has 134 valence electrons. The normalized spacial score (nSPS) is 17.0. The van der Waals surface area contributed by atoms with Crippen molar-refractivity contribution in [1.82, 2.24) is 14.8 Å². The van der Waals surface area contributed by atoms with Gasteiger partial charge in [-0.15, -0.1) is 5.10 Å². The van der Waals surface area contributed by atoms with Crippen molar-refractivity contribution < 1.29 is 18.3 Å². The summed E-state index contributed by atoms with van der Waals surface area (Å²) in [7, 11) is 0. The zero-order valence-electron chi connectivity index (χ0n) is 13.1. The van der Waals surface area contributed by atoms with Crippen LogP contribution in [0.5, 0.6) is 0 Å². The van der Waals surface area contributed by atoms with Crippen molar-refractivity contribution in [2.24, 2.45) is 0 Å². The molecule has 3 rings (SSSR count). The Bertz CT molecular complexity index is 817. The van der Waals surface area contributed by atoms with E-state index in [0.29, 0.717) is 18.3 Å². The Morgan fingerprint density at radius 1 is 1.48 bits per heavy atom. The molecule has 0 bridgehead atoms. The summed E-state index contributed by atoms with van der Waals surface area (Å²) in [5.74, 6) is -2.02. The fourth-order valence-corrected chi connectivity index (χ4v) is 3.23. The molecule has 7 nitrogen and oxygen atoms in total. The standard InChI is InChI=1S/C15H16F2N4O3S/c16-9-3-4-11(17)12(6-9)18-13(22)8-25-15-20-19-14(23)21(15)7-10-2-1-5-24-10/h3-4,6,10H,1-2,5,7-8H2,(H,18,22)(H,19,23)/t10-/m0/s1. The second kappa shape index (κ2) is 7.79. The maximum atomic E-state index is 13.5. The van der Waals surface area contributed by atoms with Crippen molar-refractivity contribution in [3.8, 4) is 0 Å². The number of carbonyl (C=O) groups is 1. The van der Waals surface area contributed by atoms with Crippen LogP contribution in [-0.2, 0) is 16.1 Å². The molecule has 0 saturated carbocycles.